The molecule has 530 valence electrons. The number of pyridine rings is 10. The fourth-order valence-electron chi connectivity index (χ4n) is 11.9. The van der Waals surface area contributed by atoms with Crippen LogP contribution in [0.2, 0.25) is 0 Å². The second kappa shape index (κ2) is 35.1. The van der Waals surface area contributed by atoms with Crippen molar-refractivity contribution in [2.24, 2.45) is 38.2 Å². The van der Waals surface area contributed by atoms with Gasteiger partial charge in [-0.05, 0) is 91.0 Å². The first-order valence-corrected chi connectivity index (χ1v) is 35.1. The minimum Gasteiger partial charge on any atom is -0.648 e. The van der Waals surface area contributed by atoms with Crippen LogP contribution < -0.4 is 51.5 Å². The van der Waals surface area contributed by atoms with Crippen LogP contribution in [0.25, 0.3) is 94.1 Å². The molecule has 0 fully saturated rings. The summed E-state index contributed by atoms with van der Waals surface area (Å²) in [5.74, 6) is -2.73. The van der Waals surface area contributed by atoms with E-state index in [1.165, 1.54) is 0 Å². The molecule has 0 radical (unpaired) electrons. The first-order valence-electron chi connectivity index (χ1n) is 35.1. The normalized spacial score (nSPS) is 12.3. The molecule has 0 spiro atoms. The zero-order valence-corrected chi connectivity index (χ0v) is 59.7. The number of carbonyl (C=O) groups is 3. The van der Waals surface area contributed by atoms with E-state index in [1.54, 1.807) is 24.3 Å². The maximum Gasteiger partial charge on any atom is 0.335 e. The monoisotopic (exact) mass is 1410 g/mol. The summed E-state index contributed by atoms with van der Waals surface area (Å²) in [7, 11) is 7.89. The van der Waals surface area contributed by atoms with Crippen molar-refractivity contribution in [3.63, 3.8) is 0 Å². The van der Waals surface area contributed by atoms with E-state index in [0.29, 0.717) is 43.9 Å². The molecule has 2 aromatic carbocycles. The smallest absolute Gasteiger partial charge is 0.335 e. The molecular formula is C84H86N16O6+8. The lowest BCUT2D eigenvalue weighted by Gasteiger charge is -2.25. The number of carbonyl (C=O) groups excluding carboxylic acids is 3. The number of rotatable bonds is 29. The van der Waals surface area contributed by atoms with E-state index in [1.807, 2.05) is 310 Å². The van der Waals surface area contributed by atoms with E-state index in [-0.39, 0.29) is 44.3 Å². The zero-order valence-electron chi connectivity index (χ0n) is 59.7. The molecule has 22 heteroatoms. The number of H-pyrrole nitrogens is 2. The Bertz CT molecular complexity index is 5070. The van der Waals surface area contributed by atoms with E-state index in [0.717, 1.165) is 78.1 Å². The third-order valence-corrected chi connectivity index (χ3v) is 18.1. The third kappa shape index (κ3) is 20.1. The minimum absolute atomic E-state index is 0.120. The Hall–Kier alpha value is -13.2. The van der Waals surface area contributed by atoms with Gasteiger partial charge in [-0.1, -0.05) is 43.9 Å². The number of hydrogen-bond donors (Lipinski definition) is 4. The van der Waals surface area contributed by atoms with Crippen LogP contribution in [0.4, 0.5) is 0 Å². The number of aliphatic hydroxyl groups excluding tert-OH is 3. The van der Waals surface area contributed by atoms with Crippen LogP contribution in [0, 0.1) is 0 Å². The Balaban J connectivity index is 0.693. The maximum atomic E-state index is 13.9. The molecule has 12 aromatic rings. The summed E-state index contributed by atoms with van der Waals surface area (Å²) in [6.45, 7) is 2.57. The lowest BCUT2D eigenvalue weighted by molar-refractivity contribution is -0.718. The molecule has 6 N–H and O–H groups in total. The fraction of sp³-hybridized carbons (Fsp3) is 0.190. The summed E-state index contributed by atoms with van der Waals surface area (Å²) >= 11 is 0. The quantitative estimate of drug-likeness (QED) is 0.0245. The number of aryl methyl sites for hydroxylation is 4. The molecule has 3 amide bonds. The highest BCUT2D eigenvalue weighted by Gasteiger charge is 2.22. The lowest BCUT2D eigenvalue weighted by atomic mass is 10.0. The molecule has 22 nitrogen and oxygen atoms in total. The van der Waals surface area contributed by atoms with Crippen molar-refractivity contribution in [3.8, 4) is 78.1 Å². The van der Waals surface area contributed by atoms with Gasteiger partial charge in [-0.25, -0.2) is 56.9 Å². The van der Waals surface area contributed by atoms with E-state index in [9.17, 15) is 29.7 Å². The minimum atomic E-state index is -1.32. The van der Waals surface area contributed by atoms with Gasteiger partial charge in [0, 0.05) is 139 Å². The molecule has 0 aliphatic heterocycles. The molecule has 106 heavy (non-hydrogen) atoms. The molecule has 12 rings (SSSR count). The van der Waals surface area contributed by atoms with Crippen LogP contribution in [0.3, 0.4) is 0 Å². The van der Waals surface area contributed by atoms with Crippen molar-refractivity contribution >= 4 is 35.4 Å². The van der Waals surface area contributed by atoms with Crippen molar-refractivity contribution in [1.29, 1.82) is 0 Å². The van der Waals surface area contributed by atoms with Crippen LogP contribution in [0.1, 0.15) is 24.0 Å². The highest BCUT2D eigenvalue weighted by molar-refractivity contribution is 6.03. The summed E-state index contributed by atoms with van der Waals surface area (Å²) < 4.78 is 15.7. The number of nitrogens with one attached hydrogen (secondary N) is 3. The van der Waals surface area contributed by atoms with Crippen LogP contribution in [-0.4, -0.2) is 89.0 Å². The van der Waals surface area contributed by atoms with E-state index >= 15 is 0 Å². The van der Waals surface area contributed by atoms with Gasteiger partial charge in [-0.15, -0.1) is 0 Å². The van der Waals surface area contributed by atoms with Crippen molar-refractivity contribution < 1.29 is 81.2 Å². The van der Waals surface area contributed by atoms with Crippen LogP contribution in [0.5, 0.6) is 0 Å². The third-order valence-electron chi connectivity index (χ3n) is 18.1. The highest BCUT2D eigenvalue weighted by Crippen LogP contribution is 2.27. The first-order chi connectivity index (χ1) is 51.6. The fourth-order valence-corrected chi connectivity index (χ4v) is 11.9. The largest absolute Gasteiger partial charge is 0.648 e. The molecule has 10 aromatic heterocycles. The summed E-state index contributed by atoms with van der Waals surface area (Å²) in [6, 6.07) is 52.1. The molecule has 10 heterocycles. The van der Waals surface area contributed by atoms with Crippen LogP contribution >= 0.6 is 0 Å². The first kappa shape index (κ1) is 72.5. The van der Waals surface area contributed by atoms with Gasteiger partial charge in [0.1, 0.15) is 59.9 Å². The Morgan fingerprint density at radius 3 is 0.972 bits per heavy atom. The van der Waals surface area contributed by atoms with Gasteiger partial charge in [0.25, 0.3) is 11.4 Å². The number of amides is 3. The maximum absolute atomic E-state index is 13.9. The molecule has 2 unspecified atom stereocenters. The molecule has 2 atom stereocenters. The predicted molar refractivity (Wildman–Crippen MR) is 397 cm³/mol. The van der Waals surface area contributed by atoms with Crippen molar-refractivity contribution in [2.45, 2.75) is 51.1 Å². The van der Waals surface area contributed by atoms with Crippen LogP contribution in [0.15, 0.2) is 291 Å². The molecule has 0 aliphatic carbocycles. The number of aromatic nitrogens is 10. The standard InChI is InChI=1S/C84H80N16O6/c1-93-37-15-63(16-38-93)67-23-45-97(46-24-67)53-33-87-79(101)59-77(83(105)89-35-55-99-49-27-69(28-50-99)65-19-41-95(3)42-20-65)91-81(103)71-9-5-61(6-10-71)73-13-31-85-75(57-73)76-58-74(14-32-86-76)62-7-11-72(12-8-62)82(104)92-78(84(106)90-36-56-100-51-29-70(30-52-100)66-21-43-96(4)44-22-66)60-80(102)88-34-54-98-47-25-68(26-48-98)64-17-39-94(2)40-18-64/h5-32,37-52,57-58,77-78H,33-36,53-56,59-60H2,1-4H3/q+2/p+6. The molecule has 0 bridgehead atoms. The van der Waals surface area contributed by atoms with Gasteiger partial charge >= 0.3 is 5.90 Å². The highest BCUT2D eigenvalue weighted by atomic mass is 16.3. The SMILES string of the molecule is C[n+]1ccc(-c2cc[n+](CC[N-]C(=O)CC(N=C(O)c3ccc(-c4cc[nH+]c(-c5cc(-c6ccc(C(O)=NC(CC(O)=[NH+]CC[n+]7ccc(-c8cc[n+](C)cc8)cc7)C(=O)[N-]CC[n+]7ccc(-c8cc[n+](C)cc8)cc7)cc6)cc[nH+]5)c4)cc3)C(=O)[N-]CC[n+]3ccc(-c4cc[n+](C)cc4)cc3)cc2)cc1. The van der Waals surface area contributed by atoms with E-state index < -0.39 is 35.7 Å². The van der Waals surface area contributed by atoms with Gasteiger partial charge in [-0.3, -0.25) is 0 Å². The summed E-state index contributed by atoms with van der Waals surface area (Å²) in [5, 5.41) is 47.4. The number of aliphatic imine (C=N–C) groups is 2. The second-order valence-corrected chi connectivity index (χ2v) is 25.9. The summed E-state index contributed by atoms with van der Waals surface area (Å²) in [5.41, 5.74) is 14.2. The van der Waals surface area contributed by atoms with Crippen molar-refractivity contribution in [2.75, 3.05) is 26.2 Å². The number of nitrogens with zero attached hydrogens (tertiary/aromatic N) is 13. The lowest BCUT2D eigenvalue weighted by Crippen LogP contribution is -2.75. The predicted octanol–water partition coefficient (Wildman–Crippen LogP) is 6.10. The summed E-state index contributed by atoms with van der Waals surface area (Å²) in [4.78, 5) is 60.0. The van der Waals surface area contributed by atoms with E-state index in [2.05, 4.69) is 53.0 Å². The van der Waals surface area contributed by atoms with E-state index in [4.69, 9.17) is 0 Å². The Kier molecular flexibility index (Phi) is 24.0. The average Bonchev–Trinajstić information content (AvgIpc) is 0.810. The summed E-state index contributed by atoms with van der Waals surface area (Å²) in [6.07, 6.45) is 34.6. The van der Waals surface area contributed by atoms with Crippen LogP contribution in [-0.2, 0) is 68.8 Å². The zero-order chi connectivity index (χ0) is 73.7. The number of aliphatic hydroxyl groups is 3. The van der Waals surface area contributed by atoms with Gasteiger partial charge in [0.15, 0.2) is 112 Å². The van der Waals surface area contributed by atoms with Gasteiger partial charge in [-0.2, -0.15) is 4.57 Å². The number of aromatic amines is 2. The number of hydrogen-bond acceptors (Lipinski definition) is 5. The molecule has 0 saturated carbocycles. The van der Waals surface area contributed by atoms with Gasteiger partial charge in [0.2, 0.25) is 24.9 Å². The Morgan fingerprint density at radius 1 is 0.358 bits per heavy atom. The van der Waals surface area contributed by atoms with Gasteiger partial charge in [0.05, 0.1) is 24.1 Å². The van der Waals surface area contributed by atoms with Crippen molar-refractivity contribution in [3.05, 3.63) is 308 Å². The Morgan fingerprint density at radius 2 is 0.642 bits per heavy atom. The second-order valence-electron chi connectivity index (χ2n) is 25.9. The van der Waals surface area contributed by atoms with Crippen molar-refractivity contribution in [1.82, 2.24) is 0 Å². The number of benzene rings is 2. The average molecular weight is 1420 g/mol. The molecule has 0 aliphatic rings. The molecule has 0 saturated heterocycles. The Labute approximate surface area is 615 Å². The molecular weight excluding hydrogens is 1330 g/mol. The topological polar surface area (TPSA) is 252 Å². The van der Waals surface area contributed by atoms with Gasteiger partial charge < -0.3 is 45.7 Å².